The number of rotatable bonds is 3. The van der Waals surface area contributed by atoms with E-state index in [1.165, 1.54) is 6.08 Å². The summed E-state index contributed by atoms with van der Waals surface area (Å²) in [5, 5.41) is 2.62. The highest BCUT2D eigenvalue weighted by atomic mass is 16.1. The van der Waals surface area contributed by atoms with Crippen LogP contribution in [-0.4, -0.2) is 5.91 Å². The number of hydrogen-bond acceptors (Lipinski definition) is 1. The van der Waals surface area contributed by atoms with Crippen LogP contribution in [0.25, 0.3) is 0 Å². The maximum Gasteiger partial charge on any atom is 0.247 e. The van der Waals surface area contributed by atoms with Crippen molar-refractivity contribution in [3.63, 3.8) is 0 Å². The first-order valence-corrected chi connectivity index (χ1v) is 3.43. The largest absolute Gasteiger partial charge is 0.327 e. The molecule has 0 saturated carbocycles. The second-order valence-corrected chi connectivity index (χ2v) is 2.07. The average Bonchev–Trinajstić information content (AvgIpc) is 2.00. The van der Waals surface area contributed by atoms with E-state index < -0.39 is 0 Å². The summed E-state index contributed by atoms with van der Waals surface area (Å²) in [7, 11) is 0. The second-order valence-electron chi connectivity index (χ2n) is 2.07. The molecule has 0 atom stereocenters. The molecule has 1 amide bonds. The van der Waals surface area contributed by atoms with Gasteiger partial charge in [0, 0.05) is 5.70 Å². The van der Waals surface area contributed by atoms with Gasteiger partial charge >= 0.3 is 0 Å². The summed E-state index contributed by atoms with van der Waals surface area (Å²) in [5.41, 5.74) is 0.813. The van der Waals surface area contributed by atoms with Crippen molar-refractivity contribution in [1.29, 1.82) is 0 Å². The number of nitrogens with one attached hydrogen (secondary N) is 1. The lowest BCUT2D eigenvalue weighted by Gasteiger charge is -1.98. The lowest BCUT2D eigenvalue weighted by Crippen LogP contribution is -2.17. The molecule has 0 radical (unpaired) electrons. The Bertz CT molecular complexity index is 202. The lowest BCUT2D eigenvalue weighted by molar-refractivity contribution is -0.115. The number of carbonyl (C=O) groups is 1. The summed E-state index contributed by atoms with van der Waals surface area (Å²) >= 11 is 0. The van der Waals surface area contributed by atoms with Gasteiger partial charge in [-0.2, -0.15) is 0 Å². The lowest BCUT2D eigenvalue weighted by atomic mass is 10.4. The molecule has 0 heterocycles. The van der Waals surface area contributed by atoms with E-state index in [0.717, 1.165) is 5.70 Å². The van der Waals surface area contributed by atoms with E-state index in [1.54, 1.807) is 0 Å². The Kier molecular flexibility index (Phi) is 4.82. The van der Waals surface area contributed by atoms with Crippen molar-refractivity contribution in [1.82, 2.24) is 5.32 Å². The first-order chi connectivity index (χ1) is 5.20. The minimum atomic E-state index is -0.178. The van der Waals surface area contributed by atoms with Gasteiger partial charge in [0.1, 0.15) is 0 Å². The third-order valence-electron chi connectivity index (χ3n) is 1.04. The summed E-state index contributed by atoms with van der Waals surface area (Å²) in [5.74, 6) is -0.178. The molecule has 0 aromatic rings. The quantitative estimate of drug-likeness (QED) is 0.483. The van der Waals surface area contributed by atoms with Gasteiger partial charge in [-0.1, -0.05) is 18.7 Å². The molecule has 2 heteroatoms. The molecule has 0 aliphatic heterocycles. The molecule has 60 valence electrons. The van der Waals surface area contributed by atoms with Crippen molar-refractivity contribution in [3.8, 4) is 0 Å². The Hall–Kier alpha value is -1.31. The fourth-order valence-electron chi connectivity index (χ4n) is 0.528. The van der Waals surface area contributed by atoms with Gasteiger partial charge in [0.05, 0.1) is 0 Å². The van der Waals surface area contributed by atoms with Crippen LogP contribution in [0, 0.1) is 0 Å². The first-order valence-electron chi connectivity index (χ1n) is 3.43. The smallest absolute Gasteiger partial charge is 0.247 e. The van der Waals surface area contributed by atoms with E-state index in [0.29, 0.717) is 0 Å². The molecule has 0 fully saturated rings. The molecule has 0 saturated heterocycles. The number of amides is 1. The standard InChI is InChI=1S/C9H13NO/c1-4-6-7-8(3)10-9(11)5-2/h4-7H,2H2,1,3H3,(H,10,11)/b6-4-,8-7+. The predicted octanol–water partition coefficient (Wildman–Crippen LogP) is 1.77. The Morgan fingerprint density at radius 3 is 2.64 bits per heavy atom. The van der Waals surface area contributed by atoms with E-state index >= 15 is 0 Å². The van der Waals surface area contributed by atoms with Crippen molar-refractivity contribution < 1.29 is 4.79 Å². The van der Waals surface area contributed by atoms with Crippen LogP contribution in [0.2, 0.25) is 0 Å². The molecule has 0 aliphatic carbocycles. The summed E-state index contributed by atoms with van der Waals surface area (Å²) < 4.78 is 0. The Morgan fingerprint density at radius 1 is 1.55 bits per heavy atom. The van der Waals surface area contributed by atoms with Crippen molar-refractivity contribution >= 4 is 5.91 Å². The monoisotopic (exact) mass is 151 g/mol. The summed E-state index contributed by atoms with van der Waals surface area (Å²) in [6, 6.07) is 0. The van der Waals surface area contributed by atoms with E-state index in [4.69, 9.17) is 0 Å². The van der Waals surface area contributed by atoms with Crippen LogP contribution < -0.4 is 5.32 Å². The Labute approximate surface area is 67.3 Å². The van der Waals surface area contributed by atoms with E-state index in [9.17, 15) is 4.79 Å². The van der Waals surface area contributed by atoms with Crippen molar-refractivity contribution in [3.05, 3.63) is 36.6 Å². The van der Waals surface area contributed by atoms with E-state index in [-0.39, 0.29) is 5.91 Å². The molecule has 1 N–H and O–H groups in total. The van der Waals surface area contributed by atoms with Crippen LogP contribution in [0.4, 0.5) is 0 Å². The van der Waals surface area contributed by atoms with Crippen LogP contribution in [0.5, 0.6) is 0 Å². The third-order valence-corrected chi connectivity index (χ3v) is 1.04. The van der Waals surface area contributed by atoms with Crippen LogP contribution in [0.15, 0.2) is 36.6 Å². The molecule has 11 heavy (non-hydrogen) atoms. The summed E-state index contributed by atoms with van der Waals surface area (Å²) in [6.07, 6.45) is 6.82. The normalized spacial score (nSPS) is 11.6. The molecule has 0 unspecified atom stereocenters. The van der Waals surface area contributed by atoms with Gasteiger partial charge in [-0.05, 0) is 26.0 Å². The van der Waals surface area contributed by atoms with Gasteiger partial charge in [-0.15, -0.1) is 0 Å². The molecular weight excluding hydrogens is 138 g/mol. The highest BCUT2D eigenvalue weighted by molar-refractivity contribution is 5.88. The van der Waals surface area contributed by atoms with Crippen molar-refractivity contribution in [2.24, 2.45) is 0 Å². The van der Waals surface area contributed by atoms with Crippen LogP contribution in [0.3, 0.4) is 0 Å². The second kappa shape index (κ2) is 5.47. The summed E-state index contributed by atoms with van der Waals surface area (Å²) in [6.45, 7) is 7.07. The Balaban J connectivity index is 3.95. The molecule has 0 bridgehead atoms. The zero-order valence-corrected chi connectivity index (χ0v) is 6.92. The number of hydrogen-bond donors (Lipinski definition) is 1. The van der Waals surface area contributed by atoms with Gasteiger partial charge in [0.15, 0.2) is 0 Å². The maximum atomic E-state index is 10.7. The van der Waals surface area contributed by atoms with Crippen LogP contribution >= 0.6 is 0 Å². The molecule has 0 rings (SSSR count). The highest BCUT2D eigenvalue weighted by Crippen LogP contribution is 1.87. The van der Waals surface area contributed by atoms with Gasteiger partial charge in [0.2, 0.25) is 5.91 Å². The highest BCUT2D eigenvalue weighted by Gasteiger charge is 1.91. The van der Waals surface area contributed by atoms with Gasteiger partial charge in [-0.3, -0.25) is 4.79 Å². The van der Waals surface area contributed by atoms with Crippen molar-refractivity contribution in [2.45, 2.75) is 13.8 Å². The molecule has 0 spiro atoms. The molecule has 0 aromatic carbocycles. The number of allylic oxidation sites excluding steroid dienone is 4. The third kappa shape index (κ3) is 5.15. The Morgan fingerprint density at radius 2 is 2.18 bits per heavy atom. The molecule has 2 nitrogen and oxygen atoms in total. The topological polar surface area (TPSA) is 29.1 Å². The van der Waals surface area contributed by atoms with E-state index in [2.05, 4.69) is 11.9 Å². The van der Waals surface area contributed by atoms with Gasteiger partial charge in [0.25, 0.3) is 0 Å². The zero-order valence-electron chi connectivity index (χ0n) is 6.92. The fourth-order valence-corrected chi connectivity index (χ4v) is 0.528. The fraction of sp³-hybridized carbons (Fsp3) is 0.222. The van der Waals surface area contributed by atoms with Gasteiger partial charge < -0.3 is 5.32 Å². The molecule has 0 aromatic heterocycles. The van der Waals surface area contributed by atoms with Gasteiger partial charge in [-0.25, -0.2) is 0 Å². The molecule has 0 aliphatic rings. The van der Waals surface area contributed by atoms with Crippen LogP contribution in [-0.2, 0) is 4.79 Å². The predicted molar refractivity (Wildman–Crippen MR) is 46.9 cm³/mol. The summed E-state index contributed by atoms with van der Waals surface area (Å²) in [4.78, 5) is 10.7. The van der Waals surface area contributed by atoms with E-state index in [1.807, 2.05) is 32.1 Å². The SMILES string of the molecule is C=CC(=O)N/C(C)=C/C=C\C. The maximum absolute atomic E-state index is 10.7. The minimum absolute atomic E-state index is 0.178. The molecular formula is C9H13NO. The van der Waals surface area contributed by atoms with Crippen molar-refractivity contribution in [2.75, 3.05) is 0 Å². The average molecular weight is 151 g/mol. The number of carbonyl (C=O) groups excluding carboxylic acids is 1. The first kappa shape index (κ1) is 9.69. The minimum Gasteiger partial charge on any atom is -0.327 e. The van der Waals surface area contributed by atoms with Crippen LogP contribution in [0.1, 0.15) is 13.8 Å². The zero-order chi connectivity index (χ0) is 8.69.